The van der Waals surface area contributed by atoms with Gasteiger partial charge in [0.1, 0.15) is 5.82 Å². The number of nitrogens with zero attached hydrogens (tertiary/aromatic N) is 2. The molecular formula is C13H13N5OS. The van der Waals surface area contributed by atoms with E-state index in [4.69, 9.17) is 0 Å². The molecule has 0 bridgehead atoms. The maximum atomic E-state index is 11.1. The number of thiazole rings is 1. The van der Waals surface area contributed by atoms with Gasteiger partial charge in [0.05, 0.1) is 12.1 Å². The highest BCUT2D eigenvalue weighted by atomic mass is 32.1. The molecule has 0 saturated carbocycles. The lowest BCUT2D eigenvalue weighted by Gasteiger charge is -2.09. The number of aromatic nitrogens is 3. The van der Waals surface area contributed by atoms with Crippen LogP contribution in [0.3, 0.4) is 0 Å². The first-order valence-corrected chi connectivity index (χ1v) is 6.99. The minimum absolute atomic E-state index is 0.0507. The fourth-order valence-electron chi connectivity index (χ4n) is 1.90. The normalized spacial score (nSPS) is 10.7. The van der Waals surface area contributed by atoms with Crippen LogP contribution in [0.4, 0.5) is 11.8 Å². The van der Waals surface area contributed by atoms with E-state index in [0.29, 0.717) is 12.5 Å². The molecule has 0 radical (unpaired) electrons. The molecule has 7 heteroatoms. The van der Waals surface area contributed by atoms with Crippen molar-refractivity contribution in [3.05, 3.63) is 45.0 Å². The second-order valence-corrected chi connectivity index (χ2v) is 5.03. The molecule has 6 nitrogen and oxygen atoms in total. The summed E-state index contributed by atoms with van der Waals surface area (Å²) in [6.07, 6.45) is 0. The molecule has 0 saturated heterocycles. The second-order valence-electron chi connectivity index (χ2n) is 4.19. The van der Waals surface area contributed by atoms with Crippen LogP contribution in [-0.4, -0.2) is 22.0 Å². The van der Waals surface area contributed by atoms with E-state index in [2.05, 4.69) is 25.6 Å². The van der Waals surface area contributed by atoms with Gasteiger partial charge in [0, 0.05) is 23.5 Å². The Labute approximate surface area is 118 Å². The number of para-hydroxylation sites is 1. The predicted octanol–water partition coefficient (Wildman–Crippen LogP) is 2.03. The summed E-state index contributed by atoms with van der Waals surface area (Å²) >= 11 is 1.15. The van der Waals surface area contributed by atoms with Gasteiger partial charge in [0.2, 0.25) is 5.95 Å². The smallest absolute Gasteiger partial charge is 0.304 e. The molecule has 102 valence electrons. The Morgan fingerprint density at radius 2 is 2.15 bits per heavy atom. The molecule has 20 heavy (non-hydrogen) atoms. The highest BCUT2D eigenvalue weighted by Gasteiger charge is 2.06. The molecular weight excluding hydrogens is 274 g/mol. The molecule has 2 heterocycles. The van der Waals surface area contributed by atoms with Gasteiger partial charge < -0.3 is 15.6 Å². The lowest BCUT2D eigenvalue weighted by molar-refractivity contribution is 1.04. The molecule has 0 atom stereocenters. The zero-order valence-electron chi connectivity index (χ0n) is 10.8. The van der Waals surface area contributed by atoms with Crippen molar-refractivity contribution in [3.63, 3.8) is 0 Å². The minimum Gasteiger partial charge on any atom is -0.364 e. The predicted molar refractivity (Wildman–Crippen MR) is 81.4 cm³/mol. The van der Waals surface area contributed by atoms with E-state index in [1.165, 1.54) is 0 Å². The van der Waals surface area contributed by atoms with Crippen LogP contribution in [0.1, 0.15) is 5.69 Å². The number of aromatic amines is 1. The summed E-state index contributed by atoms with van der Waals surface area (Å²) in [6, 6.07) is 7.79. The number of fused-ring (bicyclic) bond motifs is 1. The summed E-state index contributed by atoms with van der Waals surface area (Å²) in [5, 5.41) is 8.93. The van der Waals surface area contributed by atoms with E-state index in [1.807, 2.05) is 24.3 Å². The maximum absolute atomic E-state index is 11.1. The first-order chi connectivity index (χ1) is 9.76. The van der Waals surface area contributed by atoms with Crippen molar-refractivity contribution in [2.24, 2.45) is 0 Å². The van der Waals surface area contributed by atoms with E-state index in [-0.39, 0.29) is 4.87 Å². The average Bonchev–Trinajstić information content (AvgIpc) is 2.90. The van der Waals surface area contributed by atoms with E-state index in [0.717, 1.165) is 33.8 Å². The van der Waals surface area contributed by atoms with Crippen LogP contribution in [0.2, 0.25) is 0 Å². The van der Waals surface area contributed by atoms with Crippen molar-refractivity contribution < 1.29 is 0 Å². The zero-order valence-corrected chi connectivity index (χ0v) is 11.6. The monoisotopic (exact) mass is 287 g/mol. The topological polar surface area (TPSA) is 82.7 Å². The molecule has 2 aromatic heterocycles. The highest BCUT2D eigenvalue weighted by Crippen LogP contribution is 2.21. The van der Waals surface area contributed by atoms with Crippen molar-refractivity contribution in [3.8, 4) is 0 Å². The first kappa shape index (κ1) is 12.6. The van der Waals surface area contributed by atoms with Gasteiger partial charge in [-0.15, -0.1) is 0 Å². The highest BCUT2D eigenvalue weighted by molar-refractivity contribution is 7.07. The summed E-state index contributed by atoms with van der Waals surface area (Å²) in [5.41, 5.74) is 1.71. The van der Waals surface area contributed by atoms with Crippen molar-refractivity contribution in [2.45, 2.75) is 6.54 Å². The van der Waals surface area contributed by atoms with Crippen LogP contribution in [0.15, 0.2) is 34.4 Å². The Kier molecular flexibility index (Phi) is 3.34. The second kappa shape index (κ2) is 5.30. The van der Waals surface area contributed by atoms with Gasteiger partial charge in [-0.05, 0) is 12.1 Å². The molecule has 0 fully saturated rings. The van der Waals surface area contributed by atoms with Gasteiger partial charge in [-0.25, -0.2) is 4.98 Å². The third-order valence-electron chi connectivity index (χ3n) is 2.84. The molecule has 0 amide bonds. The summed E-state index contributed by atoms with van der Waals surface area (Å²) in [5.74, 6) is 1.30. The number of anilines is 2. The van der Waals surface area contributed by atoms with Crippen molar-refractivity contribution in [1.29, 1.82) is 0 Å². The Bertz CT molecular complexity index is 795. The molecule has 0 aliphatic carbocycles. The Morgan fingerprint density at radius 1 is 1.30 bits per heavy atom. The Balaban J connectivity index is 1.95. The Morgan fingerprint density at radius 3 is 2.90 bits per heavy atom. The fraction of sp³-hybridized carbons (Fsp3) is 0.154. The number of H-pyrrole nitrogens is 1. The number of nitrogens with one attached hydrogen (secondary N) is 3. The van der Waals surface area contributed by atoms with Gasteiger partial charge in [0.15, 0.2) is 0 Å². The molecule has 0 aliphatic heterocycles. The van der Waals surface area contributed by atoms with Gasteiger partial charge in [-0.1, -0.05) is 23.5 Å². The quantitative estimate of drug-likeness (QED) is 0.684. The standard InChI is InChI=1S/C13H13N5OS/c1-14-12-17-10-5-3-2-4-9(10)11(18-12)15-6-8-7-20-13(19)16-8/h2-5,7H,6H2,1H3,(H,16,19)(H2,14,15,17,18). The maximum Gasteiger partial charge on any atom is 0.304 e. The lowest BCUT2D eigenvalue weighted by Crippen LogP contribution is -2.07. The number of rotatable bonds is 4. The summed E-state index contributed by atoms with van der Waals surface area (Å²) in [4.78, 5) is 22.6. The van der Waals surface area contributed by atoms with E-state index in [1.54, 1.807) is 12.4 Å². The van der Waals surface area contributed by atoms with Crippen LogP contribution in [0.5, 0.6) is 0 Å². The summed E-state index contributed by atoms with van der Waals surface area (Å²) in [6.45, 7) is 0.517. The number of hydrogen-bond acceptors (Lipinski definition) is 6. The van der Waals surface area contributed by atoms with Gasteiger partial charge in [-0.3, -0.25) is 4.79 Å². The van der Waals surface area contributed by atoms with Crippen LogP contribution in [0.25, 0.3) is 10.9 Å². The van der Waals surface area contributed by atoms with Gasteiger partial charge in [0.25, 0.3) is 0 Å². The molecule has 0 unspecified atom stereocenters. The summed E-state index contributed by atoms with van der Waals surface area (Å²) in [7, 11) is 1.78. The van der Waals surface area contributed by atoms with Crippen LogP contribution in [0, 0.1) is 0 Å². The van der Waals surface area contributed by atoms with E-state index >= 15 is 0 Å². The SMILES string of the molecule is CNc1nc(NCc2csc(=O)[nH]2)c2ccccc2n1. The third kappa shape index (κ3) is 2.48. The average molecular weight is 287 g/mol. The molecule has 0 spiro atoms. The van der Waals surface area contributed by atoms with Crippen LogP contribution in [-0.2, 0) is 6.54 Å². The lowest BCUT2D eigenvalue weighted by atomic mass is 10.2. The zero-order chi connectivity index (χ0) is 13.9. The van der Waals surface area contributed by atoms with E-state index < -0.39 is 0 Å². The van der Waals surface area contributed by atoms with Crippen molar-refractivity contribution in [1.82, 2.24) is 15.0 Å². The molecule has 0 aliphatic rings. The van der Waals surface area contributed by atoms with Gasteiger partial charge >= 0.3 is 4.87 Å². The van der Waals surface area contributed by atoms with Crippen molar-refractivity contribution in [2.75, 3.05) is 17.7 Å². The first-order valence-electron chi connectivity index (χ1n) is 6.11. The van der Waals surface area contributed by atoms with E-state index in [9.17, 15) is 4.79 Å². The largest absolute Gasteiger partial charge is 0.364 e. The van der Waals surface area contributed by atoms with Gasteiger partial charge in [-0.2, -0.15) is 4.98 Å². The number of hydrogen-bond donors (Lipinski definition) is 3. The fourth-order valence-corrected chi connectivity index (χ4v) is 2.48. The number of benzene rings is 1. The van der Waals surface area contributed by atoms with Crippen LogP contribution < -0.4 is 15.5 Å². The summed E-state index contributed by atoms with van der Waals surface area (Å²) < 4.78 is 0. The minimum atomic E-state index is -0.0507. The van der Waals surface area contributed by atoms with Crippen LogP contribution >= 0.6 is 11.3 Å². The molecule has 3 N–H and O–H groups in total. The molecule has 1 aromatic carbocycles. The van der Waals surface area contributed by atoms with Crippen molar-refractivity contribution >= 4 is 34.0 Å². The molecule has 3 aromatic rings. The third-order valence-corrected chi connectivity index (χ3v) is 3.56. The Hall–Kier alpha value is -2.41. The molecule has 3 rings (SSSR count).